The van der Waals surface area contributed by atoms with E-state index in [1.165, 1.54) is 18.0 Å². The highest BCUT2D eigenvalue weighted by Gasteiger charge is 2.14. The van der Waals surface area contributed by atoms with Crippen molar-refractivity contribution in [2.24, 2.45) is 0 Å². The molecule has 1 amide bonds. The molecule has 5 rings (SSSR count). The average molecular weight is 467 g/mol. The number of aromatic nitrogens is 4. The number of anilines is 1. The summed E-state index contributed by atoms with van der Waals surface area (Å²) in [7, 11) is 4.04. The summed E-state index contributed by atoms with van der Waals surface area (Å²) in [6.45, 7) is 1.37. The van der Waals surface area contributed by atoms with Crippen LogP contribution in [0.25, 0.3) is 22.2 Å². The van der Waals surface area contributed by atoms with E-state index < -0.39 is 0 Å². The maximum atomic E-state index is 12.8. The molecule has 0 atom stereocenters. The summed E-state index contributed by atoms with van der Waals surface area (Å²) in [5.41, 5.74) is 5.07. The van der Waals surface area contributed by atoms with E-state index in [0.29, 0.717) is 29.1 Å². The summed E-state index contributed by atoms with van der Waals surface area (Å²) in [5.74, 6) is -0.299. The van der Waals surface area contributed by atoms with Crippen molar-refractivity contribution in [3.05, 3.63) is 106 Å². The van der Waals surface area contributed by atoms with Gasteiger partial charge in [0.05, 0.1) is 35.2 Å². The molecule has 0 aliphatic rings. The Morgan fingerprint density at radius 3 is 2.71 bits per heavy atom. The van der Waals surface area contributed by atoms with Crippen LogP contribution in [0.3, 0.4) is 0 Å². The standard InChI is InChI=1S/C27H26N6O2/c1-32(2)16-19-9-6-10-24-22(19)12-25(31-24)23-11-21(14-28-27(23)35)30-26(34)20-13-29-33(17-20)15-18-7-4-3-5-8-18/h3-14,17,31H,15-16H2,1-2H3,(H,28,35)(H,30,34). The number of nitrogens with zero attached hydrogens (tertiary/aromatic N) is 3. The van der Waals surface area contributed by atoms with Gasteiger partial charge in [0.25, 0.3) is 11.5 Å². The van der Waals surface area contributed by atoms with Gasteiger partial charge in [-0.15, -0.1) is 0 Å². The van der Waals surface area contributed by atoms with E-state index in [9.17, 15) is 9.59 Å². The molecule has 35 heavy (non-hydrogen) atoms. The Morgan fingerprint density at radius 1 is 1.09 bits per heavy atom. The quantitative estimate of drug-likeness (QED) is 0.337. The Hall–Kier alpha value is -4.43. The molecule has 0 saturated heterocycles. The van der Waals surface area contributed by atoms with Crippen molar-refractivity contribution in [3.8, 4) is 11.3 Å². The summed E-state index contributed by atoms with van der Waals surface area (Å²) in [4.78, 5) is 33.6. The monoisotopic (exact) mass is 466 g/mol. The van der Waals surface area contributed by atoms with Crippen LogP contribution >= 0.6 is 0 Å². The molecule has 0 bridgehead atoms. The van der Waals surface area contributed by atoms with E-state index in [0.717, 1.165) is 23.0 Å². The number of aromatic amines is 2. The second-order valence-electron chi connectivity index (χ2n) is 8.80. The Bertz CT molecular complexity index is 1550. The molecule has 3 N–H and O–H groups in total. The molecule has 0 fully saturated rings. The van der Waals surface area contributed by atoms with E-state index in [2.05, 4.69) is 31.3 Å². The van der Waals surface area contributed by atoms with E-state index >= 15 is 0 Å². The Labute approximate surface area is 202 Å². The number of carbonyl (C=O) groups excluding carboxylic acids is 1. The van der Waals surface area contributed by atoms with Gasteiger partial charge >= 0.3 is 0 Å². The molecule has 0 radical (unpaired) electrons. The number of fused-ring (bicyclic) bond motifs is 1. The number of carbonyl (C=O) groups is 1. The van der Waals surface area contributed by atoms with Crippen molar-refractivity contribution in [1.82, 2.24) is 24.6 Å². The molecule has 8 heteroatoms. The first-order valence-corrected chi connectivity index (χ1v) is 11.3. The number of H-pyrrole nitrogens is 2. The topological polar surface area (TPSA) is 98.8 Å². The molecule has 0 aliphatic carbocycles. The van der Waals surface area contributed by atoms with Crippen LogP contribution in [-0.2, 0) is 13.1 Å². The van der Waals surface area contributed by atoms with Gasteiger partial charge in [-0.3, -0.25) is 14.3 Å². The molecule has 2 aromatic carbocycles. The van der Waals surface area contributed by atoms with Gasteiger partial charge in [-0.1, -0.05) is 42.5 Å². The minimum absolute atomic E-state index is 0.237. The number of rotatable bonds is 7. The van der Waals surface area contributed by atoms with Gasteiger partial charge in [0.15, 0.2) is 0 Å². The predicted octanol–water partition coefficient (Wildman–Crippen LogP) is 4.08. The first-order valence-electron chi connectivity index (χ1n) is 11.3. The molecular weight excluding hydrogens is 440 g/mol. The third-order valence-electron chi connectivity index (χ3n) is 5.78. The molecule has 3 heterocycles. The molecule has 0 spiro atoms. The second-order valence-corrected chi connectivity index (χ2v) is 8.80. The average Bonchev–Trinajstić information content (AvgIpc) is 3.48. The highest BCUT2D eigenvalue weighted by atomic mass is 16.1. The highest BCUT2D eigenvalue weighted by Crippen LogP contribution is 2.26. The van der Waals surface area contributed by atoms with Gasteiger partial charge in [0.2, 0.25) is 0 Å². The summed E-state index contributed by atoms with van der Waals surface area (Å²) in [6.07, 6.45) is 4.74. The van der Waals surface area contributed by atoms with Crippen molar-refractivity contribution in [2.45, 2.75) is 13.1 Å². The first kappa shape index (κ1) is 22.4. The van der Waals surface area contributed by atoms with Crippen molar-refractivity contribution in [1.29, 1.82) is 0 Å². The number of benzene rings is 2. The maximum Gasteiger partial charge on any atom is 0.258 e. The lowest BCUT2D eigenvalue weighted by Gasteiger charge is -2.10. The Kier molecular flexibility index (Phi) is 6.03. The van der Waals surface area contributed by atoms with Gasteiger partial charge in [0, 0.05) is 29.8 Å². The number of amides is 1. The van der Waals surface area contributed by atoms with Crippen LogP contribution in [-0.4, -0.2) is 44.7 Å². The minimum atomic E-state index is -0.299. The van der Waals surface area contributed by atoms with Crippen molar-refractivity contribution in [3.63, 3.8) is 0 Å². The zero-order valence-electron chi connectivity index (χ0n) is 19.6. The lowest BCUT2D eigenvalue weighted by Crippen LogP contribution is -2.15. The summed E-state index contributed by atoms with van der Waals surface area (Å²) in [6, 6.07) is 19.7. The first-order chi connectivity index (χ1) is 17.0. The van der Waals surface area contributed by atoms with E-state index in [1.807, 2.05) is 62.6 Å². The van der Waals surface area contributed by atoms with Crippen molar-refractivity contribution >= 4 is 22.5 Å². The number of nitrogens with one attached hydrogen (secondary N) is 3. The molecule has 3 aromatic heterocycles. The zero-order chi connectivity index (χ0) is 24.4. The minimum Gasteiger partial charge on any atom is -0.354 e. The lowest BCUT2D eigenvalue weighted by atomic mass is 10.1. The summed E-state index contributed by atoms with van der Waals surface area (Å²) in [5, 5.41) is 8.22. The zero-order valence-corrected chi connectivity index (χ0v) is 19.6. The third kappa shape index (κ3) is 4.92. The summed E-state index contributed by atoms with van der Waals surface area (Å²) >= 11 is 0. The van der Waals surface area contributed by atoms with Crippen LogP contribution < -0.4 is 10.9 Å². The number of hydrogen-bond acceptors (Lipinski definition) is 4. The second kappa shape index (κ2) is 9.44. The van der Waals surface area contributed by atoms with E-state index in [4.69, 9.17) is 0 Å². The molecular formula is C27H26N6O2. The van der Waals surface area contributed by atoms with Crippen LogP contribution in [0.15, 0.2) is 84.0 Å². The Balaban J connectivity index is 1.37. The largest absolute Gasteiger partial charge is 0.354 e. The lowest BCUT2D eigenvalue weighted by molar-refractivity contribution is 0.102. The summed E-state index contributed by atoms with van der Waals surface area (Å²) < 4.78 is 1.72. The van der Waals surface area contributed by atoms with Gasteiger partial charge < -0.3 is 20.2 Å². The number of pyridine rings is 1. The molecule has 0 saturated carbocycles. The fourth-order valence-electron chi connectivity index (χ4n) is 4.14. The van der Waals surface area contributed by atoms with Gasteiger partial charge in [0.1, 0.15) is 0 Å². The van der Waals surface area contributed by atoms with Crippen LogP contribution in [0, 0.1) is 0 Å². The SMILES string of the molecule is CN(C)Cc1cccc2[nH]c(-c3cc(NC(=O)c4cnn(Cc5ccccc5)c4)c[nH]c3=O)cc12. The third-order valence-corrected chi connectivity index (χ3v) is 5.78. The molecule has 8 nitrogen and oxygen atoms in total. The van der Waals surface area contributed by atoms with Crippen molar-refractivity contribution < 1.29 is 4.79 Å². The van der Waals surface area contributed by atoms with Gasteiger partial charge in [-0.25, -0.2) is 0 Å². The fraction of sp³-hybridized carbons (Fsp3) is 0.148. The Morgan fingerprint density at radius 2 is 1.91 bits per heavy atom. The van der Waals surface area contributed by atoms with Crippen LogP contribution in [0.2, 0.25) is 0 Å². The van der Waals surface area contributed by atoms with Crippen LogP contribution in [0.1, 0.15) is 21.5 Å². The van der Waals surface area contributed by atoms with E-state index in [1.54, 1.807) is 16.9 Å². The van der Waals surface area contributed by atoms with Crippen LogP contribution in [0.5, 0.6) is 0 Å². The smallest absolute Gasteiger partial charge is 0.258 e. The van der Waals surface area contributed by atoms with Gasteiger partial charge in [-0.05, 0) is 43.4 Å². The highest BCUT2D eigenvalue weighted by molar-refractivity contribution is 6.04. The molecule has 176 valence electrons. The molecule has 0 aliphatic heterocycles. The number of hydrogen-bond donors (Lipinski definition) is 3. The molecule has 0 unspecified atom stereocenters. The molecule has 5 aromatic rings. The fourth-order valence-corrected chi connectivity index (χ4v) is 4.14. The maximum absolute atomic E-state index is 12.8. The predicted molar refractivity (Wildman–Crippen MR) is 137 cm³/mol. The van der Waals surface area contributed by atoms with E-state index in [-0.39, 0.29) is 11.5 Å². The van der Waals surface area contributed by atoms with Crippen molar-refractivity contribution in [2.75, 3.05) is 19.4 Å². The van der Waals surface area contributed by atoms with Crippen LogP contribution in [0.4, 0.5) is 5.69 Å². The van der Waals surface area contributed by atoms with Gasteiger partial charge in [-0.2, -0.15) is 5.10 Å². The normalized spacial score (nSPS) is 11.3.